The van der Waals surface area contributed by atoms with Crippen LogP contribution < -0.4 is 10.6 Å². The maximum absolute atomic E-state index is 11.5. The van der Waals surface area contributed by atoms with Gasteiger partial charge in [0.2, 0.25) is 15.9 Å². The van der Waals surface area contributed by atoms with E-state index in [1.54, 1.807) is 13.8 Å². The second-order valence-electron chi connectivity index (χ2n) is 4.21. The van der Waals surface area contributed by atoms with E-state index in [4.69, 9.17) is 6.42 Å². The Morgan fingerprint density at radius 3 is 2.58 bits per heavy atom. The molecule has 0 saturated heterocycles. The largest absolute Gasteiger partial charge is 0.344 e. The van der Waals surface area contributed by atoms with Crippen molar-refractivity contribution in [1.82, 2.24) is 14.9 Å². The molecule has 0 aliphatic heterocycles. The van der Waals surface area contributed by atoms with Crippen molar-refractivity contribution in [2.45, 2.75) is 26.3 Å². The molecule has 0 bridgehead atoms. The highest BCUT2D eigenvalue weighted by Crippen LogP contribution is 1.98. The summed E-state index contributed by atoms with van der Waals surface area (Å²) < 4.78 is 24.1. The summed E-state index contributed by atoms with van der Waals surface area (Å²) in [4.78, 5) is 11.5. The molecule has 6 nitrogen and oxygen atoms in total. The third kappa shape index (κ3) is 7.82. The Bertz CT molecular complexity index is 414. The van der Waals surface area contributed by atoms with Crippen LogP contribution in [-0.4, -0.2) is 57.1 Å². The topological polar surface area (TPSA) is 78.5 Å². The van der Waals surface area contributed by atoms with E-state index in [0.717, 1.165) is 0 Å². The molecule has 0 saturated carbocycles. The van der Waals surface area contributed by atoms with Crippen LogP contribution in [0.2, 0.25) is 0 Å². The van der Waals surface area contributed by atoms with Gasteiger partial charge in [-0.15, -0.1) is 6.42 Å². The predicted octanol–water partition coefficient (Wildman–Crippen LogP) is -0.614. The van der Waals surface area contributed by atoms with Gasteiger partial charge in [0, 0.05) is 13.1 Å². The fourth-order valence-electron chi connectivity index (χ4n) is 1.52. The van der Waals surface area contributed by atoms with Crippen LogP contribution in [0.25, 0.3) is 0 Å². The van der Waals surface area contributed by atoms with Gasteiger partial charge < -0.3 is 10.6 Å². The minimum absolute atomic E-state index is 0.159. The highest BCUT2D eigenvalue weighted by molar-refractivity contribution is 7.88. The summed E-state index contributed by atoms with van der Waals surface area (Å²) in [6, 6.07) is -0.346. The SMILES string of the molecule is C#CCNC(=O)C(C)NCCCN(CC)S(C)(=O)=O. The average Bonchev–Trinajstić information content (AvgIpc) is 2.33. The van der Waals surface area contributed by atoms with Gasteiger partial charge in [-0.2, -0.15) is 0 Å². The van der Waals surface area contributed by atoms with Crippen molar-refractivity contribution in [3.63, 3.8) is 0 Å². The Hall–Kier alpha value is -1.10. The predicted molar refractivity (Wildman–Crippen MR) is 76.0 cm³/mol. The molecule has 0 aliphatic rings. The maximum atomic E-state index is 11.5. The molecule has 0 spiro atoms. The number of rotatable bonds is 9. The molecule has 0 radical (unpaired) electrons. The van der Waals surface area contributed by atoms with Crippen molar-refractivity contribution < 1.29 is 13.2 Å². The lowest BCUT2D eigenvalue weighted by atomic mass is 10.3. The number of carbonyl (C=O) groups is 1. The Labute approximate surface area is 116 Å². The zero-order valence-corrected chi connectivity index (χ0v) is 12.6. The average molecular weight is 289 g/mol. The van der Waals surface area contributed by atoms with Crippen molar-refractivity contribution in [3.05, 3.63) is 0 Å². The molecule has 19 heavy (non-hydrogen) atoms. The van der Waals surface area contributed by atoms with Crippen LogP contribution in [0.5, 0.6) is 0 Å². The van der Waals surface area contributed by atoms with Gasteiger partial charge in [-0.3, -0.25) is 4.79 Å². The standard InChI is InChI=1S/C12H23N3O3S/c1-5-8-14-12(16)11(3)13-9-7-10-15(6-2)19(4,17)18/h1,11,13H,6-10H2,2-4H3,(H,14,16). The summed E-state index contributed by atoms with van der Waals surface area (Å²) in [7, 11) is -3.14. The molecule has 0 rings (SSSR count). The summed E-state index contributed by atoms with van der Waals surface area (Å²) >= 11 is 0. The van der Waals surface area contributed by atoms with Gasteiger partial charge in [-0.05, 0) is 19.9 Å². The first-order valence-corrected chi connectivity index (χ1v) is 8.07. The summed E-state index contributed by atoms with van der Waals surface area (Å²) in [5, 5.41) is 5.59. The molecule has 0 fully saturated rings. The Morgan fingerprint density at radius 1 is 1.47 bits per heavy atom. The maximum Gasteiger partial charge on any atom is 0.237 e. The molecular weight excluding hydrogens is 266 g/mol. The van der Waals surface area contributed by atoms with Crippen molar-refractivity contribution in [2.75, 3.05) is 32.4 Å². The highest BCUT2D eigenvalue weighted by atomic mass is 32.2. The van der Waals surface area contributed by atoms with Gasteiger partial charge >= 0.3 is 0 Å². The summed E-state index contributed by atoms with van der Waals surface area (Å²) in [6.07, 6.45) is 6.88. The highest BCUT2D eigenvalue weighted by Gasteiger charge is 2.14. The van der Waals surface area contributed by atoms with Crippen LogP contribution in [0.15, 0.2) is 0 Å². The van der Waals surface area contributed by atoms with Crippen molar-refractivity contribution in [3.8, 4) is 12.3 Å². The smallest absolute Gasteiger partial charge is 0.237 e. The number of hydrogen-bond acceptors (Lipinski definition) is 4. The lowest BCUT2D eigenvalue weighted by Gasteiger charge is -2.18. The number of carbonyl (C=O) groups excluding carboxylic acids is 1. The molecule has 0 heterocycles. The van der Waals surface area contributed by atoms with E-state index < -0.39 is 10.0 Å². The normalized spacial score (nSPS) is 13.0. The van der Waals surface area contributed by atoms with Crippen LogP contribution in [-0.2, 0) is 14.8 Å². The molecule has 1 unspecified atom stereocenters. The van der Waals surface area contributed by atoms with E-state index in [0.29, 0.717) is 26.1 Å². The first kappa shape index (κ1) is 17.9. The van der Waals surface area contributed by atoms with Gasteiger partial charge in [0.15, 0.2) is 0 Å². The molecule has 0 aromatic carbocycles. The number of amides is 1. The van der Waals surface area contributed by atoms with E-state index in [2.05, 4.69) is 16.6 Å². The molecule has 1 atom stereocenters. The molecule has 1 amide bonds. The lowest BCUT2D eigenvalue weighted by Crippen LogP contribution is -2.43. The van der Waals surface area contributed by atoms with Gasteiger partial charge in [0.1, 0.15) is 0 Å². The number of terminal acetylenes is 1. The Kier molecular flexibility index (Phi) is 8.39. The monoisotopic (exact) mass is 289 g/mol. The van der Waals surface area contributed by atoms with Crippen molar-refractivity contribution in [1.29, 1.82) is 0 Å². The van der Waals surface area contributed by atoms with Crippen molar-refractivity contribution in [2.24, 2.45) is 0 Å². The van der Waals surface area contributed by atoms with E-state index >= 15 is 0 Å². The second-order valence-corrected chi connectivity index (χ2v) is 6.19. The van der Waals surface area contributed by atoms with Gasteiger partial charge in [0.25, 0.3) is 0 Å². The Morgan fingerprint density at radius 2 is 2.11 bits per heavy atom. The van der Waals surface area contributed by atoms with Crippen LogP contribution >= 0.6 is 0 Å². The quantitative estimate of drug-likeness (QED) is 0.438. The van der Waals surface area contributed by atoms with Gasteiger partial charge in [-0.25, -0.2) is 12.7 Å². The van der Waals surface area contributed by atoms with E-state index in [1.165, 1.54) is 10.6 Å². The van der Waals surface area contributed by atoms with Crippen molar-refractivity contribution >= 4 is 15.9 Å². The summed E-state index contributed by atoms with van der Waals surface area (Å²) in [5.74, 6) is 2.17. The van der Waals surface area contributed by atoms with Crippen LogP contribution in [0.3, 0.4) is 0 Å². The van der Waals surface area contributed by atoms with Gasteiger partial charge in [0.05, 0.1) is 18.8 Å². The first-order chi connectivity index (χ1) is 8.82. The van der Waals surface area contributed by atoms with Crippen LogP contribution in [0, 0.1) is 12.3 Å². The van der Waals surface area contributed by atoms with E-state index in [9.17, 15) is 13.2 Å². The minimum Gasteiger partial charge on any atom is -0.344 e. The first-order valence-electron chi connectivity index (χ1n) is 6.22. The van der Waals surface area contributed by atoms with Gasteiger partial charge in [-0.1, -0.05) is 12.8 Å². The molecule has 2 N–H and O–H groups in total. The number of sulfonamides is 1. The number of nitrogens with one attached hydrogen (secondary N) is 2. The molecule has 0 aromatic rings. The van der Waals surface area contributed by atoms with Crippen LogP contribution in [0.1, 0.15) is 20.3 Å². The fraction of sp³-hybridized carbons (Fsp3) is 0.750. The second kappa shape index (κ2) is 8.91. The number of hydrogen-bond donors (Lipinski definition) is 2. The van der Waals surface area contributed by atoms with E-state index in [1.807, 2.05) is 0 Å². The zero-order valence-electron chi connectivity index (χ0n) is 11.8. The summed E-state index contributed by atoms with van der Waals surface area (Å²) in [6.45, 7) is 5.21. The number of nitrogens with zero attached hydrogens (tertiary/aromatic N) is 1. The molecule has 0 aliphatic carbocycles. The molecule has 0 aromatic heterocycles. The molecular formula is C12H23N3O3S. The molecule has 110 valence electrons. The third-order valence-electron chi connectivity index (χ3n) is 2.61. The fourth-order valence-corrected chi connectivity index (χ4v) is 2.45. The minimum atomic E-state index is -3.14. The summed E-state index contributed by atoms with van der Waals surface area (Å²) in [5.41, 5.74) is 0. The van der Waals surface area contributed by atoms with Crippen LogP contribution in [0.4, 0.5) is 0 Å². The molecule has 7 heteroatoms. The third-order valence-corrected chi connectivity index (χ3v) is 3.99. The Balaban J connectivity index is 3.92. The lowest BCUT2D eigenvalue weighted by molar-refractivity contribution is -0.122. The zero-order chi connectivity index (χ0) is 14.9. The van der Waals surface area contributed by atoms with E-state index in [-0.39, 0.29) is 18.5 Å².